The predicted octanol–water partition coefficient (Wildman–Crippen LogP) is 2.63. The van der Waals surface area contributed by atoms with E-state index in [1.807, 2.05) is 6.92 Å². The first kappa shape index (κ1) is 30.9. The Morgan fingerprint density at radius 3 is 2.15 bits per heavy atom. The molecule has 3 N–H and O–H groups in total. The highest BCUT2D eigenvalue weighted by Crippen LogP contribution is 2.36. The van der Waals surface area contributed by atoms with E-state index in [0.29, 0.717) is 6.42 Å². The van der Waals surface area contributed by atoms with Crippen molar-refractivity contribution < 1.29 is 44.2 Å². The Bertz CT molecular complexity index is 654. The van der Waals surface area contributed by atoms with Gasteiger partial charge in [-0.1, -0.05) is 34.6 Å². The molecule has 1 aliphatic rings. The molecule has 0 aromatic rings. The molecule has 10 atom stereocenters. The van der Waals surface area contributed by atoms with Crippen molar-refractivity contribution in [2.75, 3.05) is 6.61 Å². The molecule has 200 valence electrons. The van der Waals surface area contributed by atoms with Gasteiger partial charge >= 0.3 is 5.97 Å². The van der Waals surface area contributed by atoms with Gasteiger partial charge in [-0.3, -0.25) is 9.59 Å². The van der Waals surface area contributed by atoms with E-state index >= 15 is 0 Å². The molecular weight excluding hydrogens is 444 g/mol. The van der Waals surface area contributed by atoms with Gasteiger partial charge < -0.3 is 24.8 Å². The Kier molecular flexibility index (Phi) is 12.1. The second-order valence-corrected chi connectivity index (χ2v) is 10.4. The quantitative estimate of drug-likeness (QED) is 0.222. The second kappa shape index (κ2) is 13.3. The first-order valence-corrected chi connectivity index (χ1v) is 12.4. The smallest absolute Gasteiger partial charge is 0.311 e. The fraction of sp³-hybridized carbons (Fsp3) is 0.920. The van der Waals surface area contributed by atoms with Gasteiger partial charge in [0.05, 0.1) is 36.9 Å². The average molecular weight is 491 g/mol. The second-order valence-electron chi connectivity index (χ2n) is 10.4. The number of ether oxygens (including phenoxy) is 2. The van der Waals surface area contributed by atoms with Crippen LogP contribution >= 0.6 is 0 Å². The zero-order valence-electron chi connectivity index (χ0n) is 22.2. The van der Waals surface area contributed by atoms with Crippen LogP contribution in [0.1, 0.15) is 75.2 Å². The normalized spacial score (nSPS) is 40.0. The van der Waals surface area contributed by atoms with E-state index < -0.39 is 65.8 Å². The van der Waals surface area contributed by atoms with Crippen molar-refractivity contribution in [2.45, 2.75) is 111 Å². The number of hydrogen-bond donors (Lipinski definition) is 3. The highest BCUT2D eigenvalue weighted by Gasteiger charge is 2.50. The summed E-state index contributed by atoms with van der Waals surface area (Å²) in [6.45, 7) is 15.2. The van der Waals surface area contributed by atoms with E-state index in [-0.39, 0.29) is 24.9 Å². The Morgan fingerprint density at radius 2 is 1.62 bits per heavy atom. The minimum atomic E-state index is -2.03. The zero-order chi connectivity index (χ0) is 26.4. The van der Waals surface area contributed by atoms with Crippen molar-refractivity contribution in [3.05, 3.63) is 0 Å². The number of Topliss-reactive ketones (excluding diaryl/α,β-unsaturated/α-hetero) is 1. The summed E-state index contributed by atoms with van der Waals surface area (Å²) in [5, 5.41) is 33.5. The van der Waals surface area contributed by atoms with Crippen molar-refractivity contribution >= 4 is 11.8 Å². The van der Waals surface area contributed by atoms with Gasteiger partial charge in [0.1, 0.15) is 5.78 Å². The maximum absolute atomic E-state index is 13.2. The molecule has 9 heteroatoms. The molecule has 1 saturated heterocycles. The first-order valence-electron chi connectivity index (χ1n) is 12.4. The van der Waals surface area contributed by atoms with Gasteiger partial charge in [-0.15, -0.1) is 0 Å². The van der Waals surface area contributed by atoms with Crippen LogP contribution < -0.4 is 0 Å². The van der Waals surface area contributed by atoms with E-state index in [0.717, 1.165) is 0 Å². The fourth-order valence-electron chi connectivity index (χ4n) is 4.30. The van der Waals surface area contributed by atoms with Crippen LogP contribution in [-0.2, 0) is 28.8 Å². The van der Waals surface area contributed by atoms with Crippen LogP contribution in [0.5, 0.6) is 0 Å². The van der Waals surface area contributed by atoms with Gasteiger partial charge in [0.25, 0.3) is 0 Å². The zero-order valence-corrected chi connectivity index (χ0v) is 22.2. The molecule has 1 heterocycles. The summed E-state index contributed by atoms with van der Waals surface area (Å²) in [7, 11) is 0. The van der Waals surface area contributed by atoms with E-state index in [1.54, 1.807) is 48.5 Å². The van der Waals surface area contributed by atoms with Gasteiger partial charge in [-0.05, 0) is 34.1 Å². The number of carbonyl (C=O) groups is 2. The van der Waals surface area contributed by atoms with Crippen molar-refractivity contribution in [2.24, 2.45) is 29.6 Å². The van der Waals surface area contributed by atoms with Gasteiger partial charge in [-0.2, -0.15) is 0 Å². The molecule has 0 aromatic heterocycles. The molecule has 1 aliphatic heterocycles. The number of aliphatic hydroxyl groups excluding tert-OH is 2. The number of hydrogen-bond acceptors (Lipinski definition) is 9. The number of rotatable bonds is 6. The third kappa shape index (κ3) is 7.96. The van der Waals surface area contributed by atoms with Crippen LogP contribution in [0.4, 0.5) is 0 Å². The van der Waals surface area contributed by atoms with Crippen LogP contribution in [0.2, 0.25) is 0 Å². The summed E-state index contributed by atoms with van der Waals surface area (Å²) in [6.07, 6.45) is -3.82. The Hall–Kier alpha value is -1.10. The third-order valence-electron chi connectivity index (χ3n) is 6.80. The molecule has 0 bridgehead atoms. The molecule has 34 heavy (non-hydrogen) atoms. The molecule has 1 rings (SSSR count). The molecule has 1 fully saturated rings. The number of cyclic esters (lactones) is 1. The lowest BCUT2D eigenvalue weighted by molar-refractivity contribution is -0.421. The Balaban J connectivity index is 3.51. The van der Waals surface area contributed by atoms with Gasteiger partial charge in [0.2, 0.25) is 0 Å². The summed E-state index contributed by atoms with van der Waals surface area (Å²) in [4.78, 5) is 37.0. The SMILES string of the molecule is CCC(C)OO[C@@H]1[C@@H](C)[C@H](O)C(C)C(=O)OC[C@H](C)C(O)C(C)C(=O)C(C)C[C@]1(O)OC(C)C. The lowest BCUT2D eigenvalue weighted by Gasteiger charge is -2.42. The third-order valence-corrected chi connectivity index (χ3v) is 6.80. The van der Waals surface area contributed by atoms with E-state index in [1.165, 1.54) is 6.92 Å². The topological polar surface area (TPSA) is 132 Å². The summed E-state index contributed by atoms with van der Waals surface area (Å²) < 4.78 is 11.3. The van der Waals surface area contributed by atoms with Crippen molar-refractivity contribution in [3.8, 4) is 0 Å². The highest BCUT2D eigenvalue weighted by molar-refractivity contribution is 5.83. The van der Waals surface area contributed by atoms with E-state index in [4.69, 9.17) is 19.2 Å². The largest absolute Gasteiger partial charge is 0.465 e. The van der Waals surface area contributed by atoms with Crippen LogP contribution in [-0.4, -0.2) is 70.0 Å². The first-order chi connectivity index (χ1) is 15.7. The highest BCUT2D eigenvalue weighted by atomic mass is 17.2. The van der Waals surface area contributed by atoms with Gasteiger partial charge in [0.15, 0.2) is 11.9 Å². The Morgan fingerprint density at radius 1 is 1.03 bits per heavy atom. The summed E-state index contributed by atoms with van der Waals surface area (Å²) in [6, 6.07) is 0. The van der Waals surface area contributed by atoms with Crippen LogP contribution in [0.25, 0.3) is 0 Å². The lowest BCUT2D eigenvalue weighted by Crippen LogP contribution is -2.56. The van der Waals surface area contributed by atoms with Crippen LogP contribution in [0.15, 0.2) is 0 Å². The molecule has 5 unspecified atom stereocenters. The maximum Gasteiger partial charge on any atom is 0.311 e. The van der Waals surface area contributed by atoms with Gasteiger partial charge in [-0.25, -0.2) is 9.78 Å². The molecule has 0 radical (unpaired) electrons. The van der Waals surface area contributed by atoms with Crippen LogP contribution in [0.3, 0.4) is 0 Å². The molecule has 0 spiro atoms. The monoisotopic (exact) mass is 490 g/mol. The summed E-state index contributed by atoms with van der Waals surface area (Å²) >= 11 is 0. The Labute approximate surface area is 204 Å². The van der Waals surface area contributed by atoms with E-state index in [9.17, 15) is 24.9 Å². The number of carbonyl (C=O) groups excluding carboxylic acids is 2. The molecule has 0 saturated carbocycles. The minimum Gasteiger partial charge on any atom is -0.465 e. The maximum atomic E-state index is 13.2. The van der Waals surface area contributed by atoms with Crippen molar-refractivity contribution in [3.63, 3.8) is 0 Å². The molecule has 0 aromatic carbocycles. The van der Waals surface area contributed by atoms with Gasteiger partial charge in [0, 0.05) is 30.1 Å². The number of ketones is 1. The summed E-state index contributed by atoms with van der Waals surface area (Å²) in [5.41, 5.74) is 0. The van der Waals surface area contributed by atoms with Crippen molar-refractivity contribution in [1.29, 1.82) is 0 Å². The standard InChI is InChI=1S/C25H46O9/c1-10-16(6)33-34-23-18(8)22(28)19(9)24(29)31-12-15(5)21(27)17(7)20(26)14(4)11-25(23,30)32-13(2)3/h13-19,21-23,27-28,30H,10-12H2,1-9H3/t14?,15-,16?,17?,18-,19?,21?,22-,23+,25-/m0/s1. The molecule has 9 nitrogen and oxygen atoms in total. The summed E-state index contributed by atoms with van der Waals surface area (Å²) in [5.74, 6) is -6.69. The predicted molar refractivity (Wildman–Crippen MR) is 125 cm³/mol. The average Bonchev–Trinajstić information content (AvgIpc) is 2.77. The number of aliphatic hydroxyl groups is 3. The fourth-order valence-corrected chi connectivity index (χ4v) is 4.30. The lowest BCUT2D eigenvalue weighted by atomic mass is 9.79. The van der Waals surface area contributed by atoms with E-state index in [2.05, 4.69) is 0 Å². The molecule has 0 aliphatic carbocycles. The minimum absolute atomic E-state index is 0.0884. The molecular formula is C25H46O9. The molecule has 0 amide bonds. The van der Waals surface area contributed by atoms with Crippen molar-refractivity contribution in [1.82, 2.24) is 0 Å². The van der Waals surface area contributed by atoms with Crippen LogP contribution in [0, 0.1) is 29.6 Å². The number of esters is 1.